The van der Waals surface area contributed by atoms with E-state index >= 15 is 0 Å². The second-order valence-corrected chi connectivity index (χ2v) is 3.75. The van der Waals surface area contributed by atoms with Crippen molar-refractivity contribution in [2.24, 2.45) is 0 Å². The van der Waals surface area contributed by atoms with Crippen molar-refractivity contribution in [1.82, 2.24) is 9.97 Å². The van der Waals surface area contributed by atoms with Crippen LogP contribution in [0, 0.1) is 0 Å². The van der Waals surface area contributed by atoms with Crippen LogP contribution in [-0.2, 0) is 4.79 Å². The van der Waals surface area contributed by atoms with E-state index in [9.17, 15) is 0 Å². The number of carbonyl (C=O) groups is 1. The van der Waals surface area contributed by atoms with Gasteiger partial charge < -0.3 is 5.11 Å². The van der Waals surface area contributed by atoms with E-state index in [1.54, 1.807) is 6.20 Å². The SMILES string of the molecule is CC(=O)O.c1ccc2nc3ncccc3cc2c1. The summed E-state index contributed by atoms with van der Waals surface area (Å²) in [7, 11) is 0. The Morgan fingerprint density at radius 2 is 1.78 bits per heavy atom. The molecule has 0 amide bonds. The van der Waals surface area contributed by atoms with Crippen molar-refractivity contribution in [3.05, 3.63) is 48.7 Å². The van der Waals surface area contributed by atoms with Crippen LogP contribution < -0.4 is 0 Å². The van der Waals surface area contributed by atoms with Crippen LogP contribution in [0.2, 0.25) is 0 Å². The maximum absolute atomic E-state index is 9.00. The van der Waals surface area contributed by atoms with Gasteiger partial charge in [-0.25, -0.2) is 9.97 Å². The molecule has 0 saturated heterocycles. The summed E-state index contributed by atoms with van der Waals surface area (Å²) in [5.74, 6) is -0.833. The number of aromatic nitrogens is 2. The Morgan fingerprint density at radius 3 is 2.56 bits per heavy atom. The number of benzene rings is 1. The largest absolute Gasteiger partial charge is 0.481 e. The first-order chi connectivity index (χ1) is 8.66. The van der Waals surface area contributed by atoms with Gasteiger partial charge in [-0.3, -0.25) is 4.79 Å². The molecule has 0 unspecified atom stereocenters. The minimum Gasteiger partial charge on any atom is -0.481 e. The van der Waals surface area contributed by atoms with Crippen LogP contribution in [0.15, 0.2) is 48.7 Å². The molecule has 0 atom stereocenters. The van der Waals surface area contributed by atoms with Gasteiger partial charge in [0, 0.05) is 23.9 Å². The molecular weight excluding hydrogens is 228 g/mol. The van der Waals surface area contributed by atoms with Gasteiger partial charge in [-0.05, 0) is 24.3 Å². The Bertz CT molecular complexity index is 586. The average molecular weight is 240 g/mol. The van der Waals surface area contributed by atoms with Crippen molar-refractivity contribution < 1.29 is 9.90 Å². The standard InChI is InChI=1S/C12H8N2.C2H4O2/c1-2-6-11-9(4-1)8-10-5-3-7-13-12(10)14-11;1-2(3)4/h1-8H;1H3,(H,3,4). The smallest absolute Gasteiger partial charge is 0.300 e. The Kier molecular flexibility index (Phi) is 3.48. The van der Waals surface area contributed by atoms with Crippen molar-refractivity contribution in [3.8, 4) is 0 Å². The first-order valence-corrected chi connectivity index (χ1v) is 5.47. The highest BCUT2D eigenvalue weighted by Crippen LogP contribution is 2.16. The average Bonchev–Trinajstić information content (AvgIpc) is 2.35. The molecule has 2 heterocycles. The lowest BCUT2D eigenvalue weighted by Gasteiger charge is -1.99. The van der Waals surface area contributed by atoms with Gasteiger partial charge in [0.15, 0.2) is 5.65 Å². The molecule has 0 aliphatic heterocycles. The van der Waals surface area contributed by atoms with Crippen molar-refractivity contribution in [2.75, 3.05) is 0 Å². The van der Waals surface area contributed by atoms with E-state index < -0.39 is 5.97 Å². The lowest BCUT2D eigenvalue weighted by atomic mass is 10.2. The molecule has 0 aliphatic rings. The summed E-state index contributed by atoms with van der Waals surface area (Å²) in [6.45, 7) is 1.08. The molecule has 2 aromatic heterocycles. The summed E-state index contributed by atoms with van der Waals surface area (Å²) >= 11 is 0. The highest BCUT2D eigenvalue weighted by molar-refractivity contribution is 5.90. The molecule has 0 radical (unpaired) electrons. The van der Waals surface area contributed by atoms with Crippen LogP contribution in [0.25, 0.3) is 21.9 Å². The molecule has 3 rings (SSSR count). The molecule has 0 spiro atoms. The van der Waals surface area contributed by atoms with Crippen LogP contribution in [0.1, 0.15) is 6.92 Å². The number of hydrogen-bond acceptors (Lipinski definition) is 3. The minimum absolute atomic E-state index is 0.811. The normalized spacial score (nSPS) is 9.83. The highest BCUT2D eigenvalue weighted by Gasteiger charge is 1.97. The fourth-order valence-electron chi connectivity index (χ4n) is 1.61. The van der Waals surface area contributed by atoms with Gasteiger partial charge in [0.2, 0.25) is 0 Å². The van der Waals surface area contributed by atoms with Crippen molar-refractivity contribution in [3.63, 3.8) is 0 Å². The second kappa shape index (κ2) is 5.23. The topological polar surface area (TPSA) is 63.1 Å². The maximum Gasteiger partial charge on any atom is 0.300 e. The predicted octanol–water partition coefficient (Wildman–Crippen LogP) is 2.87. The number of aliphatic carboxylic acids is 1. The summed E-state index contributed by atoms with van der Waals surface area (Å²) in [5.41, 5.74) is 1.81. The Labute approximate surface area is 104 Å². The quantitative estimate of drug-likeness (QED) is 0.614. The molecule has 0 bridgehead atoms. The third-order valence-corrected chi connectivity index (χ3v) is 2.29. The first-order valence-electron chi connectivity index (χ1n) is 5.47. The van der Waals surface area contributed by atoms with E-state index in [1.165, 1.54) is 0 Å². The highest BCUT2D eigenvalue weighted by atomic mass is 16.4. The minimum atomic E-state index is -0.833. The van der Waals surface area contributed by atoms with Gasteiger partial charge in [0.25, 0.3) is 5.97 Å². The summed E-state index contributed by atoms with van der Waals surface area (Å²) in [6.07, 6.45) is 1.77. The van der Waals surface area contributed by atoms with Crippen LogP contribution in [0.4, 0.5) is 0 Å². The maximum atomic E-state index is 9.00. The number of hydrogen-bond donors (Lipinski definition) is 1. The van der Waals surface area contributed by atoms with Gasteiger partial charge >= 0.3 is 0 Å². The van der Waals surface area contributed by atoms with Gasteiger partial charge in [0.05, 0.1) is 5.52 Å². The Balaban J connectivity index is 0.000000267. The zero-order valence-electron chi connectivity index (χ0n) is 9.87. The zero-order chi connectivity index (χ0) is 13.0. The third-order valence-electron chi connectivity index (χ3n) is 2.29. The summed E-state index contributed by atoms with van der Waals surface area (Å²) in [5, 5.41) is 9.67. The van der Waals surface area contributed by atoms with Gasteiger partial charge in [-0.1, -0.05) is 18.2 Å². The second-order valence-electron chi connectivity index (χ2n) is 3.75. The molecule has 1 N–H and O–H groups in total. The molecule has 90 valence electrons. The number of rotatable bonds is 0. The Morgan fingerprint density at radius 1 is 1.11 bits per heavy atom. The fraction of sp³-hybridized carbons (Fsp3) is 0.0714. The van der Waals surface area contributed by atoms with Crippen LogP contribution >= 0.6 is 0 Å². The van der Waals surface area contributed by atoms with Crippen LogP contribution in [-0.4, -0.2) is 21.0 Å². The van der Waals surface area contributed by atoms with E-state index in [0.29, 0.717) is 0 Å². The van der Waals surface area contributed by atoms with Gasteiger partial charge in [-0.2, -0.15) is 0 Å². The molecule has 0 aliphatic carbocycles. The number of nitrogens with zero attached hydrogens (tertiary/aromatic N) is 2. The van der Waals surface area contributed by atoms with E-state index in [2.05, 4.69) is 22.1 Å². The molecular formula is C14H12N2O2. The first kappa shape index (κ1) is 12.0. The lowest BCUT2D eigenvalue weighted by Crippen LogP contribution is -1.84. The summed E-state index contributed by atoms with van der Waals surface area (Å²) < 4.78 is 0. The van der Waals surface area contributed by atoms with E-state index in [0.717, 1.165) is 28.9 Å². The van der Waals surface area contributed by atoms with Gasteiger partial charge in [-0.15, -0.1) is 0 Å². The van der Waals surface area contributed by atoms with Crippen molar-refractivity contribution in [2.45, 2.75) is 6.92 Å². The molecule has 18 heavy (non-hydrogen) atoms. The number of fused-ring (bicyclic) bond motifs is 2. The van der Waals surface area contributed by atoms with E-state index in [-0.39, 0.29) is 0 Å². The predicted molar refractivity (Wildman–Crippen MR) is 70.4 cm³/mol. The van der Waals surface area contributed by atoms with E-state index in [4.69, 9.17) is 9.90 Å². The number of carboxylic acid groups (broad SMARTS) is 1. The van der Waals surface area contributed by atoms with E-state index in [1.807, 2.05) is 30.3 Å². The number of carboxylic acids is 1. The number of para-hydroxylation sites is 1. The molecule has 1 aromatic carbocycles. The molecule has 0 saturated carbocycles. The molecule has 0 fully saturated rings. The molecule has 4 nitrogen and oxygen atoms in total. The Hall–Kier alpha value is -2.49. The van der Waals surface area contributed by atoms with Crippen LogP contribution in [0.3, 0.4) is 0 Å². The van der Waals surface area contributed by atoms with Crippen LogP contribution in [0.5, 0.6) is 0 Å². The lowest BCUT2D eigenvalue weighted by molar-refractivity contribution is -0.134. The van der Waals surface area contributed by atoms with Crippen molar-refractivity contribution >= 4 is 27.9 Å². The van der Waals surface area contributed by atoms with Crippen molar-refractivity contribution in [1.29, 1.82) is 0 Å². The molecule has 3 aromatic rings. The zero-order valence-corrected chi connectivity index (χ0v) is 9.87. The fourth-order valence-corrected chi connectivity index (χ4v) is 1.61. The molecule has 4 heteroatoms. The van der Waals surface area contributed by atoms with Gasteiger partial charge in [0.1, 0.15) is 0 Å². The third kappa shape index (κ3) is 2.79. The summed E-state index contributed by atoms with van der Waals surface area (Å²) in [6, 6.07) is 14.2. The summed E-state index contributed by atoms with van der Waals surface area (Å²) in [4.78, 5) is 17.7. The monoisotopic (exact) mass is 240 g/mol. The number of pyridine rings is 2.